The van der Waals surface area contributed by atoms with E-state index in [1.807, 2.05) is 19.1 Å². The summed E-state index contributed by atoms with van der Waals surface area (Å²) in [6.07, 6.45) is 0. The highest BCUT2D eigenvalue weighted by Crippen LogP contribution is 2.21. The van der Waals surface area contributed by atoms with E-state index in [1.165, 1.54) is 4.57 Å². The van der Waals surface area contributed by atoms with Crippen LogP contribution in [-0.2, 0) is 12.6 Å². The van der Waals surface area contributed by atoms with Crippen LogP contribution in [0.1, 0.15) is 12.5 Å². The number of oxazole rings is 1. The lowest BCUT2D eigenvalue weighted by Crippen LogP contribution is -2.40. The molecule has 0 amide bonds. The normalized spacial score (nSPS) is 15.2. The van der Waals surface area contributed by atoms with Gasteiger partial charge in [0.15, 0.2) is 5.58 Å². The van der Waals surface area contributed by atoms with Gasteiger partial charge in [-0.2, -0.15) is 0 Å². The summed E-state index contributed by atoms with van der Waals surface area (Å²) in [5, 5.41) is 0. The Morgan fingerprint density at radius 3 is 2.81 bits per heavy atom. The molecular weight excluding hydrogens is 206 g/mol. The molecule has 1 atom stereocenters. The Hall–Kier alpha value is -1.59. The minimum absolute atomic E-state index is 0.329. The van der Waals surface area contributed by atoms with Crippen LogP contribution in [-0.4, -0.2) is 11.1 Å². The van der Waals surface area contributed by atoms with Crippen LogP contribution < -0.4 is 17.2 Å². The number of rotatable bonds is 2. The maximum atomic E-state index is 11.3. The summed E-state index contributed by atoms with van der Waals surface area (Å²) in [5.74, 6) is -0.376. The van der Waals surface area contributed by atoms with Gasteiger partial charge in [-0.05, 0) is 24.6 Å². The molecule has 5 heteroatoms. The van der Waals surface area contributed by atoms with Gasteiger partial charge in [0.1, 0.15) is 0 Å². The fourth-order valence-corrected chi connectivity index (χ4v) is 1.61. The van der Waals surface area contributed by atoms with Crippen molar-refractivity contribution in [2.24, 2.45) is 18.5 Å². The highest BCUT2D eigenvalue weighted by atomic mass is 16.4. The molecule has 5 nitrogen and oxygen atoms in total. The minimum atomic E-state index is -0.609. The molecule has 0 saturated carbocycles. The first-order valence-corrected chi connectivity index (χ1v) is 5.05. The molecule has 0 aliphatic carbocycles. The van der Waals surface area contributed by atoms with E-state index in [0.717, 1.165) is 11.1 Å². The summed E-state index contributed by atoms with van der Waals surface area (Å²) >= 11 is 0. The number of aromatic nitrogens is 1. The molecule has 86 valence electrons. The Bertz CT molecular complexity index is 580. The van der Waals surface area contributed by atoms with Crippen LogP contribution in [0, 0.1) is 0 Å². The average molecular weight is 221 g/mol. The molecule has 2 rings (SSSR count). The molecule has 1 aromatic heterocycles. The van der Waals surface area contributed by atoms with E-state index in [-0.39, 0.29) is 5.76 Å². The maximum absolute atomic E-state index is 11.3. The third-order valence-electron chi connectivity index (χ3n) is 2.88. The molecule has 0 radical (unpaired) electrons. The summed E-state index contributed by atoms with van der Waals surface area (Å²) in [6, 6.07) is 5.45. The van der Waals surface area contributed by atoms with E-state index in [2.05, 4.69) is 0 Å². The lowest BCUT2D eigenvalue weighted by Gasteiger charge is -2.22. The van der Waals surface area contributed by atoms with E-state index < -0.39 is 5.54 Å². The molecule has 0 bridgehead atoms. The SMILES string of the molecule is Cn1c(=O)oc2cc(C(C)(N)CN)ccc21. The van der Waals surface area contributed by atoms with Gasteiger partial charge in [-0.15, -0.1) is 0 Å². The third kappa shape index (κ3) is 1.54. The number of fused-ring (bicyclic) bond motifs is 1. The predicted molar refractivity (Wildman–Crippen MR) is 62.0 cm³/mol. The van der Waals surface area contributed by atoms with Gasteiger partial charge < -0.3 is 15.9 Å². The fourth-order valence-electron chi connectivity index (χ4n) is 1.61. The molecule has 1 aromatic carbocycles. The largest absolute Gasteiger partial charge is 0.419 e. The van der Waals surface area contributed by atoms with Gasteiger partial charge in [0, 0.05) is 13.6 Å². The number of nitrogens with zero attached hydrogens (tertiary/aromatic N) is 1. The van der Waals surface area contributed by atoms with Crippen LogP contribution in [0.5, 0.6) is 0 Å². The molecule has 1 unspecified atom stereocenters. The molecular formula is C11H15N3O2. The zero-order valence-electron chi connectivity index (χ0n) is 9.36. The summed E-state index contributed by atoms with van der Waals surface area (Å²) in [7, 11) is 1.67. The van der Waals surface area contributed by atoms with Crippen LogP contribution >= 0.6 is 0 Å². The first kappa shape index (κ1) is 10.9. The van der Waals surface area contributed by atoms with Gasteiger partial charge in [-0.3, -0.25) is 4.57 Å². The Morgan fingerprint density at radius 1 is 1.50 bits per heavy atom. The first-order chi connectivity index (χ1) is 7.45. The van der Waals surface area contributed by atoms with Crippen molar-refractivity contribution in [1.82, 2.24) is 4.57 Å². The van der Waals surface area contributed by atoms with Crippen LogP contribution in [0.25, 0.3) is 11.1 Å². The minimum Gasteiger partial charge on any atom is -0.408 e. The lowest BCUT2D eigenvalue weighted by atomic mass is 9.93. The van der Waals surface area contributed by atoms with Crippen LogP contribution in [0.2, 0.25) is 0 Å². The lowest BCUT2D eigenvalue weighted by molar-refractivity contribution is 0.503. The Labute approximate surface area is 92.6 Å². The van der Waals surface area contributed by atoms with Gasteiger partial charge in [0.05, 0.1) is 11.1 Å². The van der Waals surface area contributed by atoms with Crippen molar-refractivity contribution in [3.8, 4) is 0 Å². The van der Waals surface area contributed by atoms with Gasteiger partial charge in [-0.1, -0.05) is 6.07 Å². The van der Waals surface area contributed by atoms with Crippen molar-refractivity contribution < 1.29 is 4.42 Å². The third-order valence-corrected chi connectivity index (χ3v) is 2.88. The molecule has 0 aliphatic heterocycles. The van der Waals surface area contributed by atoms with Crippen LogP contribution in [0.3, 0.4) is 0 Å². The van der Waals surface area contributed by atoms with Crippen molar-refractivity contribution in [2.75, 3.05) is 6.54 Å². The van der Waals surface area contributed by atoms with E-state index >= 15 is 0 Å². The first-order valence-electron chi connectivity index (χ1n) is 5.05. The molecule has 1 heterocycles. The standard InChI is InChI=1S/C11H15N3O2/c1-11(13,6-12)7-3-4-8-9(5-7)16-10(15)14(8)2/h3-5H,6,12-13H2,1-2H3. The zero-order valence-corrected chi connectivity index (χ0v) is 9.36. The average Bonchev–Trinajstić information content (AvgIpc) is 2.54. The highest BCUT2D eigenvalue weighted by molar-refractivity contribution is 5.74. The number of aryl methyl sites for hydroxylation is 1. The second kappa shape index (κ2) is 3.47. The molecule has 0 aliphatic rings. The molecule has 4 N–H and O–H groups in total. The van der Waals surface area contributed by atoms with E-state index in [0.29, 0.717) is 12.1 Å². The quantitative estimate of drug-likeness (QED) is 0.761. The second-order valence-corrected chi connectivity index (χ2v) is 4.23. The fraction of sp³-hybridized carbons (Fsp3) is 0.364. The molecule has 0 fully saturated rings. The summed E-state index contributed by atoms with van der Waals surface area (Å²) in [6.45, 7) is 2.17. The van der Waals surface area contributed by atoms with Crippen molar-refractivity contribution >= 4 is 11.1 Å². The monoisotopic (exact) mass is 221 g/mol. The highest BCUT2D eigenvalue weighted by Gasteiger charge is 2.20. The van der Waals surface area contributed by atoms with Gasteiger partial charge in [-0.25, -0.2) is 4.79 Å². The number of nitrogens with two attached hydrogens (primary N) is 2. The molecule has 0 saturated heterocycles. The van der Waals surface area contributed by atoms with Crippen molar-refractivity contribution in [3.63, 3.8) is 0 Å². The van der Waals surface area contributed by atoms with Gasteiger partial charge >= 0.3 is 5.76 Å². The smallest absolute Gasteiger partial charge is 0.408 e. The van der Waals surface area contributed by atoms with Crippen LogP contribution in [0.4, 0.5) is 0 Å². The summed E-state index contributed by atoms with van der Waals surface area (Å²) in [4.78, 5) is 11.3. The maximum Gasteiger partial charge on any atom is 0.419 e. The Kier molecular flexibility index (Phi) is 2.36. The Morgan fingerprint density at radius 2 is 2.19 bits per heavy atom. The van der Waals surface area contributed by atoms with Crippen molar-refractivity contribution in [1.29, 1.82) is 0 Å². The van der Waals surface area contributed by atoms with Crippen molar-refractivity contribution in [3.05, 3.63) is 34.3 Å². The number of hydrogen-bond donors (Lipinski definition) is 2. The second-order valence-electron chi connectivity index (χ2n) is 4.23. The zero-order chi connectivity index (χ0) is 11.9. The molecule has 2 aromatic rings. The topological polar surface area (TPSA) is 87.2 Å². The van der Waals surface area contributed by atoms with Crippen LogP contribution in [0.15, 0.2) is 27.4 Å². The summed E-state index contributed by atoms with van der Waals surface area (Å²) in [5.41, 5.74) is 13.2. The van der Waals surface area contributed by atoms with E-state index in [4.69, 9.17) is 15.9 Å². The number of hydrogen-bond acceptors (Lipinski definition) is 4. The van der Waals surface area contributed by atoms with E-state index in [9.17, 15) is 4.79 Å². The number of benzene rings is 1. The summed E-state index contributed by atoms with van der Waals surface area (Å²) < 4.78 is 6.54. The van der Waals surface area contributed by atoms with Crippen molar-refractivity contribution in [2.45, 2.75) is 12.5 Å². The molecule has 0 spiro atoms. The van der Waals surface area contributed by atoms with Gasteiger partial charge in [0.25, 0.3) is 0 Å². The predicted octanol–water partition coefficient (Wildman–Crippen LogP) is 0.264. The Balaban J connectivity index is 2.66. The molecule has 16 heavy (non-hydrogen) atoms. The van der Waals surface area contributed by atoms with Gasteiger partial charge in [0.2, 0.25) is 0 Å². The van der Waals surface area contributed by atoms with E-state index in [1.54, 1.807) is 13.1 Å².